The first kappa shape index (κ1) is 105. The van der Waals surface area contributed by atoms with Gasteiger partial charge < -0.3 is 91.5 Å². The molecule has 704 valence electrons. The molecule has 29 heteroatoms. The second-order valence-electron chi connectivity index (χ2n) is 35.0. The molecular formula is C96H148N2O27. The van der Waals surface area contributed by atoms with Crippen LogP contribution in [0, 0.1) is 35.5 Å². The van der Waals surface area contributed by atoms with Gasteiger partial charge in [-0.05, 0) is 73.3 Å². The Balaban J connectivity index is 1.30. The number of fused-ring (bicyclic) bond motifs is 2. The van der Waals surface area contributed by atoms with Crippen LogP contribution in [0.25, 0.3) is 0 Å². The van der Waals surface area contributed by atoms with Crippen molar-refractivity contribution < 1.29 is 129 Å². The minimum atomic E-state index is -2.47. The van der Waals surface area contributed by atoms with Gasteiger partial charge in [0.15, 0.2) is 25.0 Å². The van der Waals surface area contributed by atoms with Crippen molar-refractivity contribution in [3.63, 3.8) is 0 Å². The summed E-state index contributed by atoms with van der Waals surface area (Å²) in [4.78, 5) is 138. The number of rotatable bonds is 50. The average molecular weight is 1760 g/mol. The molecule has 23 atom stereocenters. The van der Waals surface area contributed by atoms with Crippen LogP contribution in [0.5, 0.6) is 0 Å². The number of hydrogen-bond donors (Lipinski definition) is 3. The molecule has 0 saturated carbocycles. The summed E-state index contributed by atoms with van der Waals surface area (Å²) < 4.78 is 103. The highest BCUT2D eigenvalue weighted by atomic mass is 16.8. The number of hydrogen-bond acceptors (Lipinski definition) is 27. The molecule has 2 bridgehead atoms. The van der Waals surface area contributed by atoms with Crippen molar-refractivity contribution in [3.8, 4) is 0 Å². The molecule has 0 aromatic heterocycles. The minimum Gasteiger partial charge on any atom is -0.465 e. The summed E-state index contributed by atoms with van der Waals surface area (Å²) in [5.74, 6) is -13.8. The van der Waals surface area contributed by atoms with Crippen molar-refractivity contribution in [2.75, 3.05) is 40.1 Å². The molecule has 5 saturated heterocycles. The van der Waals surface area contributed by atoms with E-state index in [0.717, 1.165) is 58.5 Å². The molecule has 7 rings (SSSR count). The van der Waals surface area contributed by atoms with Crippen molar-refractivity contribution >= 4 is 59.6 Å². The van der Waals surface area contributed by atoms with Crippen LogP contribution >= 0.6 is 0 Å². The van der Waals surface area contributed by atoms with Crippen LogP contribution in [0.2, 0.25) is 0 Å². The molecule has 7 unspecified atom stereocenters. The van der Waals surface area contributed by atoms with Gasteiger partial charge in [-0.25, -0.2) is 14.4 Å². The van der Waals surface area contributed by atoms with E-state index in [1.807, 2.05) is 33.8 Å². The van der Waals surface area contributed by atoms with Crippen LogP contribution in [0.15, 0.2) is 72.8 Å². The molecule has 5 aliphatic rings. The fourth-order valence-corrected chi connectivity index (χ4v) is 17.1. The van der Waals surface area contributed by atoms with Gasteiger partial charge in [-0.15, -0.1) is 0 Å². The van der Waals surface area contributed by atoms with Gasteiger partial charge in [0.2, 0.25) is 11.8 Å². The maximum Gasteiger partial charge on any atom is 0.366 e. The molecular weight excluding hydrogens is 1610 g/mol. The van der Waals surface area contributed by atoms with Gasteiger partial charge in [-0.2, -0.15) is 0 Å². The summed E-state index contributed by atoms with van der Waals surface area (Å²) in [6.07, 6.45) is 11.4. The third-order valence-electron chi connectivity index (χ3n) is 24.9. The smallest absolute Gasteiger partial charge is 0.366 e. The van der Waals surface area contributed by atoms with Gasteiger partial charge in [-0.1, -0.05) is 252 Å². The van der Waals surface area contributed by atoms with Crippen molar-refractivity contribution in [2.45, 2.75) is 386 Å². The summed E-state index contributed by atoms with van der Waals surface area (Å²) in [6, 6.07) is 13.8. The standard InChI is InChI=1S/C96H148N2O27/c1-14-16-18-20-22-24-26-28-29-31-33-35-37-39-47-53-80(103)98-74-57-115-94-89(121-91(108)73-50-44-41-45-51-73)84(106)87(78(120-94)60-113-81(104)54-55-82(105)117-75(74)52-46-38-36-34-32-30-27-25-23-21-19-17-15-2)122-92-67(8)86(125-96(95(109)110-13)56-62(3)63(4)85(124-96)66(7)77(116-71(12)102)59-112-70(11)101)88(79(119-92)61-114-90(107)72-48-42-40-43-49-72)123-93-83(97-68(9)99)65(6)64(5)76(118-93)58-111-69(10)100/h40-46,48-52,62-67,74-79,83-89,92-94,106H,14-39,47,53-61H2,1-13H3,(H,97,99)(H,98,103)/b52-46+/t62?,63-,64-,65+,66-,67?,74+,75-,76?,77-,78+,79?,83?,84?,85-,86-,87-,88+,89?,92+,93+,94-,96+/m1/s1. The maximum atomic E-state index is 15.3. The molecule has 2 amide bonds. The summed E-state index contributed by atoms with van der Waals surface area (Å²) in [5.41, 5.74) is 0.175. The first-order chi connectivity index (χ1) is 60.1. The Kier molecular flexibility index (Phi) is 46.9. The zero-order valence-corrected chi connectivity index (χ0v) is 76.6. The fraction of sp³-hybridized carbons (Fsp3) is 0.750. The highest BCUT2D eigenvalue weighted by molar-refractivity contribution is 5.90. The zero-order valence-electron chi connectivity index (χ0n) is 76.6. The first-order valence-corrected chi connectivity index (χ1v) is 46.6. The lowest BCUT2D eigenvalue weighted by Gasteiger charge is -2.53. The van der Waals surface area contributed by atoms with Crippen LogP contribution in [0.3, 0.4) is 0 Å². The Hall–Kier alpha value is -7.48. The molecule has 5 aliphatic heterocycles. The first-order valence-electron chi connectivity index (χ1n) is 46.6. The molecule has 5 fully saturated rings. The topological polar surface area (TPSA) is 363 Å². The third-order valence-corrected chi connectivity index (χ3v) is 24.9. The number of cyclic esters (lactones) is 2. The number of aliphatic hydroxyl groups is 1. The van der Waals surface area contributed by atoms with Crippen molar-refractivity contribution in [1.29, 1.82) is 0 Å². The van der Waals surface area contributed by atoms with Crippen LogP contribution in [0.4, 0.5) is 0 Å². The van der Waals surface area contributed by atoms with Gasteiger partial charge in [0, 0.05) is 52.4 Å². The van der Waals surface area contributed by atoms with E-state index in [9.17, 15) is 48.3 Å². The molecule has 0 radical (unpaired) electrons. The van der Waals surface area contributed by atoms with Gasteiger partial charge in [0.1, 0.15) is 69.2 Å². The third kappa shape index (κ3) is 34.8. The summed E-state index contributed by atoms with van der Waals surface area (Å²) in [7, 11) is 1.13. The van der Waals surface area contributed by atoms with E-state index in [0.29, 0.717) is 12.8 Å². The quantitative estimate of drug-likeness (QED) is 0.0240. The summed E-state index contributed by atoms with van der Waals surface area (Å²) in [5, 5.41) is 19.6. The van der Waals surface area contributed by atoms with E-state index >= 15 is 4.79 Å². The van der Waals surface area contributed by atoms with E-state index in [2.05, 4.69) is 24.5 Å². The number of aliphatic hydroxyl groups excluding tert-OH is 1. The maximum absolute atomic E-state index is 15.3. The van der Waals surface area contributed by atoms with Crippen LogP contribution in [-0.2, 0) is 114 Å². The monoisotopic (exact) mass is 1760 g/mol. The molecule has 2 aromatic rings. The van der Waals surface area contributed by atoms with Gasteiger partial charge in [0.25, 0.3) is 5.79 Å². The second-order valence-corrected chi connectivity index (χ2v) is 35.0. The summed E-state index contributed by atoms with van der Waals surface area (Å²) in [6.45, 7) is 17.5. The number of allylic oxidation sites excluding steroid dienone is 1. The lowest BCUT2D eigenvalue weighted by Crippen LogP contribution is -2.68. The van der Waals surface area contributed by atoms with Crippen molar-refractivity contribution in [2.24, 2.45) is 35.5 Å². The molecule has 0 spiro atoms. The average Bonchev–Trinajstić information content (AvgIpc) is 0.743. The number of ether oxygens (including phenoxy) is 16. The van der Waals surface area contributed by atoms with Crippen LogP contribution in [-0.4, -0.2) is 209 Å². The lowest BCUT2D eigenvalue weighted by molar-refractivity contribution is -0.391. The van der Waals surface area contributed by atoms with E-state index in [4.69, 9.17) is 75.8 Å². The fourth-order valence-electron chi connectivity index (χ4n) is 17.1. The zero-order chi connectivity index (χ0) is 90.8. The molecule has 5 heterocycles. The highest BCUT2D eigenvalue weighted by Crippen LogP contribution is 2.47. The van der Waals surface area contributed by atoms with E-state index in [-0.39, 0.29) is 36.5 Å². The number of benzene rings is 2. The number of carbonyl (C=O) groups is 10. The Labute approximate surface area is 741 Å². The molecule has 2 aromatic carbocycles. The normalized spacial score (nSPS) is 29.0. The summed E-state index contributed by atoms with van der Waals surface area (Å²) >= 11 is 0. The number of nitrogens with one attached hydrogen (secondary N) is 2. The van der Waals surface area contributed by atoms with Gasteiger partial charge >= 0.3 is 47.8 Å². The van der Waals surface area contributed by atoms with Gasteiger partial charge in [-0.3, -0.25) is 33.6 Å². The lowest BCUT2D eigenvalue weighted by atomic mass is 9.76. The minimum absolute atomic E-state index is 0.0523. The predicted molar refractivity (Wildman–Crippen MR) is 462 cm³/mol. The van der Waals surface area contributed by atoms with E-state index in [1.54, 1.807) is 56.3 Å². The van der Waals surface area contributed by atoms with Crippen LogP contribution in [0.1, 0.15) is 303 Å². The van der Waals surface area contributed by atoms with Crippen molar-refractivity contribution in [3.05, 3.63) is 83.9 Å². The number of carbonyl (C=O) groups excluding carboxylic acids is 10. The number of unbranched alkanes of at least 4 members (excludes halogenated alkanes) is 25. The molecule has 3 N–H and O–H groups in total. The molecule has 0 aliphatic carbocycles. The van der Waals surface area contributed by atoms with E-state index in [1.165, 1.54) is 161 Å². The van der Waals surface area contributed by atoms with E-state index < -0.39 is 232 Å². The van der Waals surface area contributed by atoms with Gasteiger partial charge in [0.05, 0.1) is 68.1 Å². The SMILES string of the molecule is CCCCCCCCCCCCC/C=C/[C@H]1OC(=O)CCC(=O)OC[C@@H]2O[C@@H](OC[C@@H]1NC(=O)CCCCCCCCCCCCCCCCC)C(OC(=O)c1ccccc1)C(O)[C@@H]2O[C@@H]1OC(COC(=O)c2ccccc2)[C@H](O[C@@H]2OC(COC(C)=O)[C@H](C)[C@H](C)C2NC(C)=O)[C@H](O[C@]2(C(=O)OC)CC(C)[C@@H](C)[C@H]([C@H](C)[C@@H](COC(C)=O)OC(C)=O)O2)C1C. The Bertz CT molecular complexity index is 3590. The number of amides is 2. The number of esters is 8. The Morgan fingerprint density at radius 2 is 1.10 bits per heavy atom. The predicted octanol–water partition coefficient (Wildman–Crippen LogP) is 15.1. The largest absolute Gasteiger partial charge is 0.465 e. The van der Waals surface area contributed by atoms with Crippen LogP contribution < -0.4 is 10.6 Å². The van der Waals surface area contributed by atoms with Crippen molar-refractivity contribution in [1.82, 2.24) is 10.6 Å². The number of methoxy groups -OCH3 is 1. The Morgan fingerprint density at radius 3 is 1.66 bits per heavy atom. The highest BCUT2D eigenvalue weighted by Gasteiger charge is 2.61. The Morgan fingerprint density at radius 1 is 0.560 bits per heavy atom. The molecule has 29 nitrogen and oxygen atoms in total. The molecule has 125 heavy (non-hydrogen) atoms. The second kappa shape index (κ2) is 56.1.